The van der Waals surface area contributed by atoms with E-state index in [-0.39, 0.29) is 17.6 Å². The standard InChI is InChI=1S/C27H29FN2O4/c1-4-33-24-17-23(30-27(32)20-11-7-6-8-12-20)25(34-5-2)16-22(24)29-26(31)18(3)14-19-10-9-13-21(28)15-19/h6-13,15-18H,4-5,14H2,1-3H3,(H,29,31)(H,30,32). The molecule has 0 fully saturated rings. The molecule has 2 amide bonds. The van der Waals surface area contributed by atoms with E-state index in [1.54, 1.807) is 55.5 Å². The largest absolute Gasteiger partial charge is 0.492 e. The third kappa shape index (κ3) is 6.57. The molecule has 0 saturated heterocycles. The summed E-state index contributed by atoms with van der Waals surface area (Å²) >= 11 is 0. The van der Waals surface area contributed by atoms with Crippen LogP contribution in [0.2, 0.25) is 0 Å². The van der Waals surface area contributed by atoms with Crippen LogP contribution >= 0.6 is 0 Å². The molecule has 0 bridgehead atoms. The first-order valence-corrected chi connectivity index (χ1v) is 11.3. The molecular weight excluding hydrogens is 435 g/mol. The summed E-state index contributed by atoms with van der Waals surface area (Å²) in [5.41, 5.74) is 2.11. The van der Waals surface area contributed by atoms with Gasteiger partial charge in [-0.1, -0.05) is 37.3 Å². The molecule has 3 aromatic rings. The Hall–Kier alpha value is -3.87. The Labute approximate surface area is 199 Å². The second kappa shape index (κ2) is 11.8. The Morgan fingerprint density at radius 2 is 1.47 bits per heavy atom. The molecular formula is C27H29FN2O4. The lowest BCUT2D eigenvalue weighted by molar-refractivity contribution is -0.119. The van der Waals surface area contributed by atoms with Gasteiger partial charge in [-0.05, 0) is 50.1 Å². The Bertz CT molecular complexity index is 1130. The second-order valence-corrected chi connectivity index (χ2v) is 7.76. The molecule has 7 heteroatoms. The molecule has 6 nitrogen and oxygen atoms in total. The van der Waals surface area contributed by atoms with E-state index >= 15 is 0 Å². The first kappa shape index (κ1) is 24.8. The van der Waals surface area contributed by atoms with Crippen LogP contribution in [-0.2, 0) is 11.2 Å². The zero-order valence-electron chi connectivity index (χ0n) is 19.6. The van der Waals surface area contributed by atoms with Crippen molar-refractivity contribution >= 4 is 23.2 Å². The summed E-state index contributed by atoms with van der Waals surface area (Å²) in [5.74, 6) is -0.468. The zero-order chi connectivity index (χ0) is 24.5. The van der Waals surface area contributed by atoms with Gasteiger partial charge in [-0.3, -0.25) is 9.59 Å². The Balaban J connectivity index is 1.83. The normalized spacial score (nSPS) is 11.4. The summed E-state index contributed by atoms with van der Waals surface area (Å²) in [6.07, 6.45) is 0.386. The van der Waals surface area contributed by atoms with Gasteiger partial charge in [-0.2, -0.15) is 0 Å². The lowest BCUT2D eigenvalue weighted by Crippen LogP contribution is -2.23. The van der Waals surface area contributed by atoms with E-state index in [2.05, 4.69) is 10.6 Å². The van der Waals surface area contributed by atoms with Crippen LogP contribution in [0.15, 0.2) is 66.7 Å². The minimum Gasteiger partial charge on any atom is -0.492 e. The topological polar surface area (TPSA) is 76.7 Å². The SMILES string of the molecule is CCOc1cc(NC(=O)C(C)Cc2cccc(F)c2)c(OCC)cc1NC(=O)c1ccccc1. The van der Waals surface area contributed by atoms with Crippen LogP contribution in [0.25, 0.3) is 0 Å². The fraction of sp³-hybridized carbons (Fsp3) is 0.259. The smallest absolute Gasteiger partial charge is 0.255 e. The number of amides is 2. The third-order valence-electron chi connectivity index (χ3n) is 5.10. The molecule has 1 unspecified atom stereocenters. The first-order valence-electron chi connectivity index (χ1n) is 11.3. The van der Waals surface area contributed by atoms with Gasteiger partial charge in [0.05, 0.1) is 24.6 Å². The highest BCUT2D eigenvalue weighted by atomic mass is 19.1. The second-order valence-electron chi connectivity index (χ2n) is 7.76. The number of benzene rings is 3. The maximum absolute atomic E-state index is 13.5. The molecule has 3 aromatic carbocycles. The zero-order valence-corrected chi connectivity index (χ0v) is 19.6. The molecule has 3 rings (SSSR count). The van der Waals surface area contributed by atoms with Crippen LogP contribution in [0.1, 0.15) is 36.7 Å². The predicted octanol–water partition coefficient (Wildman–Crippen LogP) is 5.69. The highest BCUT2D eigenvalue weighted by molar-refractivity contribution is 6.05. The fourth-order valence-electron chi connectivity index (χ4n) is 3.46. The molecule has 0 aliphatic heterocycles. The van der Waals surface area contributed by atoms with Crippen molar-refractivity contribution in [1.82, 2.24) is 0 Å². The van der Waals surface area contributed by atoms with Crippen molar-refractivity contribution in [3.63, 3.8) is 0 Å². The molecule has 0 heterocycles. The highest BCUT2D eigenvalue weighted by Gasteiger charge is 2.20. The number of hydrogen-bond donors (Lipinski definition) is 2. The van der Waals surface area contributed by atoms with E-state index in [0.717, 1.165) is 5.56 Å². The average molecular weight is 465 g/mol. The molecule has 0 aliphatic carbocycles. The molecule has 0 aliphatic rings. The quantitative estimate of drug-likeness (QED) is 0.404. The van der Waals surface area contributed by atoms with Crippen LogP contribution in [-0.4, -0.2) is 25.0 Å². The summed E-state index contributed by atoms with van der Waals surface area (Å²) in [5, 5.41) is 5.75. The van der Waals surface area contributed by atoms with Crippen molar-refractivity contribution in [3.05, 3.63) is 83.7 Å². The van der Waals surface area contributed by atoms with Crippen molar-refractivity contribution in [2.45, 2.75) is 27.2 Å². The summed E-state index contributed by atoms with van der Waals surface area (Å²) in [6.45, 7) is 6.17. The van der Waals surface area contributed by atoms with Crippen LogP contribution in [0.4, 0.5) is 15.8 Å². The van der Waals surface area contributed by atoms with E-state index in [1.807, 2.05) is 19.9 Å². The molecule has 1 atom stereocenters. The number of anilines is 2. The van der Waals surface area contributed by atoms with E-state index in [4.69, 9.17) is 9.47 Å². The number of hydrogen-bond acceptors (Lipinski definition) is 4. The first-order chi connectivity index (χ1) is 16.4. The van der Waals surface area contributed by atoms with Gasteiger partial charge in [0.1, 0.15) is 17.3 Å². The number of halogens is 1. The summed E-state index contributed by atoms with van der Waals surface area (Å²) < 4.78 is 25.0. The number of carbonyl (C=O) groups is 2. The Morgan fingerprint density at radius 3 is 2.06 bits per heavy atom. The summed E-state index contributed by atoms with van der Waals surface area (Å²) in [4.78, 5) is 25.6. The number of nitrogens with one attached hydrogen (secondary N) is 2. The van der Waals surface area contributed by atoms with Gasteiger partial charge in [-0.25, -0.2) is 4.39 Å². The number of ether oxygens (including phenoxy) is 2. The highest BCUT2D eigenvalue weighted by Crippen LogP contribution is 2.37. The Morgan fingerprint density at radius 1 is 0.853 bits per heavy atom. The molecule has 0 aromatic heterocycles. The van der Waals surface area contributed by atoms with Crippen LogP contribution in [0, 0.1) is 11.7 Å². The van der Waals surface area contributed by atoms with Crippen LogP contribution in [0.3, 0.4) is 0 Å². The summed E-state index contributed by atoms with van der Waals surface area (Å²) in [7, 11) is 0. The number of carbonyl (C=O) groups excluding carboxylic acids is 2. The van der Waals surface area contributed by atoms with Crippen molar-refractivity contribution in [2.24, 2.45) is 5.92 Å². The van der Waals surface area contributed by atoms with E-state index < -0.39 is 5.92 Å². The van der Waals surface area contributed by atoms with Crippen LogP contribution in [0.5, 0.6) is 11.5 Å². The van der Waals surface area contributed by atoms with Crippen LogP contribution < -0.4 is 20.1 Å². The van der Waals surface area contributed by atoms with E-state index in [9.17, 15) is 14.0 Å². The predicted molar refractivity (Wildman–Crippen MR) is 131 cm³/mol. The van der Waals surface area contributed by atoms with Gasteiger partial charge in [0.15, 0.2) is 0 Å². The molecule has 0 saturated carbocycles. The van der Waals surface area contributed by atoms with Gasteiger partial charge in [0, 0.05) is 23.6 Å². The maximum atomic E-state index is 13.5. The fourth-order valence-corrected chi connectivity index (χ4v) is 3.46. The van der Waals surface area contributed by atoms with Gasteiger partial charge in [-0.15, -0.1) is 0 Å². The van der Waals surface area contributed by atoms with Gasteiger partial charge < -0.3 is 20.1 Å². The average Bonchev–Trinajstić information content (AvgIpc) is 2.82. The number of rotatable bonds is 10. The van der Waals surface area contributed by atoms with Crippen molar-refractivity contribution in [3.8, 4) is 11.5 Å². The lowest BCUT2D eigenvalue weighted by atomic mass is 10.00. The van der Waals surface area contributed by atoms with Gasteiger partial charge >= 0.3 is 0 Å². The maximum Gasteiger partial charge on any atom is 0.255 e. The molecule has 178 valence electrons. The molecule has 2 N–H and O–H groups in total. The van der Waals surface area contributed by atoms with Crippen molar-refractivity contribution in [2.75, 3.05) is 23.8 Å². The lowest BCUT2D eigenvalue weighted by Gasteiger charge is -2.19. The van der Waals surface area contributed by atoms with E-state index in [1.165, 1.54) is 12.1 Å². The Kier molecular flexibility index (Phi) is 8.62. The monoisotopic (exact) mass is 464 g/mol. The summed E-state index contributed by atoms with van der Waals surface area (Å²) in [6, 6.07) is 18.3. The van der Waals surface area contributed by atoms with Crippen molar-refractivity contribution < 1.29 is 23.5 Å². The molecule has 0 radical (unpaired) electrons. The van der Waals surface area contributed by atoms with E-state index in [0.29, 0.717) is 48.1 Å². The molecule has 0 spiro atoms. The van der Waals surface area contributed by atoms with Gasteiger partial charge in [0.25, 0.3) is 5.91 Å². The third-order valence-corrected chi connectivity index (χ3v) is 5.10. The minimum absolute atomic E-state index is 0.242. The minimum atomic E-state index is -0.413. The van der Waals surface area contributed by atoms with Crippen molar-refractivity contribution in [1.29, 1.82) is 0 Å². The molecule has 34 heavy (non-hydrogen) atoms. The van der Waals surface area contributed by atoms with Gasteiger partial charge in [0.2, 0.25) is 5.91 Å².